The van der Waals surface area contributed by atoms with Gasteiger partial charge in [0.05, 0.1) is 13.3 Å². The van der Waals surface area contributed by atoms with Gasteiger partial charge in [-0.05, 0) is 24.1 Å². The van der Waals surface area contributed by atoms with E-state index in [1.54, 1.807) is 19.2 Å². The molecule has 0 aliphatic rings. The van der Waals surface area contributed by atoms with Crippen molar-refractivity contribution in [2.45, 2.75) is 13.0 Å². The first kappa shape index (κ1) is 17.6. The van der Waals surface area contributed by atoms with Gasteiger partial charge in [-0.3, -0.25) is 0 Å². The Hall–Kier alpha value is -3.22. The van der Waals surface area contributed by atoms with Gasteiger partial charge in [-0.15, -0.1) is 5.10 Å². The van der Waals surface area contributed by atoms with E-state index in [-0.39, 0.29) is 5.82 Å². The van der Waals surface area contributed by atoms with Gasteiger partial charge >= 0.3 is 0 Å². The third-order valence-electron chi connectivity index (χ3n) is 3.85. The van der Waals surface area contributed by atoms with Gasteiger partial charge in [0.2, 0.25) is 5.95 Å². The van der Waals surface area contributed by atoms with Crippen LogP contribution in [0.2, 0.25) is 0 Å². The van der Waals surface area contributed by atoms with Crippen LogP contribution in [0.4, 0.5) is 16.2 Å². The van der Waals surface area contributed by atoms with Crippen molar-refractivity contribution < 1.29 is 9.13 Å². The highest BCUT2D eigenvalue weighted by molar-refractivity contribution is 5.40. The van der Waals surface area contributed by atoms with Gasteiger partial charge in [0.25, 0.3) is 0 Å². The van der Waals surface area contributed by atoms with Crippen LogP contribution in [0.1, 0.15) is 11.1 Å². The lowest BCUT2D eigenvalue weighted by Crippen LogP contribution is -2.11. The van der Waals surface area contributed by atoms with Gasteiger partial charge in [-0.1, -0.05) is 36.4 Å². The molecule has 3 aromatic rings. The molecule has 0 bridgehead atoms. The average molecular weight is 353 g/mol. The van der Waals surface area contributed by atoms with Gasteiger partial charge in [-0.2, -0.15) is 10.1 Å². The summed E-state index contributed by atoms with van der Waals surface area (Å²) in [6.45, 7) is 1.07. The Balaban J connectivity index is 1.55. The molecular formula is C19H20FN5O. The Kier molecular flexibility index (Phi) is 5.92. The lowest BCUT2D eigenvalue weighted by atomic mass is 10.1. The van der Waals surface area contributed by atoms with E-state index in [0.29, 0.717) is 36.8 Å². The summed E-state index contributed by atoms with van der Waals surface area (Å²) < 4.78 is 18.9. The van der Waals surface area contributed by atoms with E-state index in [0.717, 1.165) is 11.3 Å². The SMILES string of the molecule is COc1ccccc1CNc1nncc(NCCc2ccccc2F)n1. The van der Waals surface area contributed by atoms with Crippen LogP contribution >= 0.6 is 0 Å². The molecule has 3 rings (SSSR count). The second-order valence-electron chi connectivity index (χ2n) is 5.60. The number of rotatable bonds is 8. The number of benzene rings is 2. The van der Waals surface area contributed by atoms with Crippen LogP contribution in [-0.2, 0) is 13.0 Å². The summed E-state index contributed by atoms with van der Waals surface area (Å²) in [7, 11) is 1.64. The Bertz CT molecular complexity index is 859. The topological polar surface area (TPSA) is 72.0 Å². The summed E-state index contributed by atoms with van der Waals surface area (Å²) in [5.41, 5.74) is 1.66. The second-order valence-corrected chi connectivity index (χ2v) is 5.60. The summed E-state index contributed by atoms with van der Waals surface area (Å²) >= 11 is 0. The lowest BCUT2D eigenvalue weighted by molar-refractivity contribution is 0.410. The van der Waals surface area contributed by atoms with E-state index in [1.165, 1.54) is 12.3 Å². The zero-order chi connectivity index (χ0) is 18.2. The molecule has 0 spiro atoms. The van der Waals surface area contributed by atoms with Crippen LogP contribution in [0.5, 0.6) is 5.75 Å². The van der Waals surface area contributed by atoms with Crippen LogP contribution in [0.15, 0.2) is 54.7 Å². The van der Waals surface area contributed by atoms with Crippen LogP contribution in [0.3, 0.4) is 0 Å². The number of nitrogens with one attached hydrogen (secondary N) is 2. The molecule has 2 aromatic carbocycles. The molecule has 7 heteroatoms. The number of halogens is 1. The van der Waals surface area contributed by atoms with Crippen molar-refractivity contribution in [2.24, 2.45) is 0 Å². The molecular weight excluding hydrogens is 333 g/mol. The fourth-order valence-corrected chi connectivity index (χ4v) is 2.51. The minimum atomic E-state index is -0.200. The molecule has 1 heterocycles. The summed E-state index contributed by atoms with van der Waals surface area (Å²) in [5, 5.41) is 14.2. The van der Waals surface area contributed by atoms with Gasteiger partial charge in [-0.25, -0.2) is 4.39 Å². The zero-order valence-corrected chi connectivity index (χ0v) is 14.4. The van der Waals surface area contributed by atoms with Crippen molar-refractivity contribution in [3.05, 3.63) is 71.7 Å². The molecule has 0 saturated heterocycles. The van der Waals surface area contributed by atoms with E-state index in [2.05, 4.69) is 25.8 Å². The highest BCUT2D eigenvalue weighted by Gasteiger charge is 2.05. The molecule has 0 aliphatic carbocycles. The molecule has 0 amide bonds. The number of hydrogen-bond acceptors (Lipinski definition) is 6. The fraction of sp³-hybridized carbons (Fsp3) is 0.211. The van der Waals surface area contributed by atoms with E-state index in [9.17, 15) is 4.39 Å². The normalized spacial score (nSPS) is 10.4. The van der Waals surface area contributed by atoms with Gasteiger partial charge < -0.3 is 15.4 Å². The maximum atomic E-state index is 13.6. The molecule has 2 N–H and O–H groups in total. The molecule has 1 aromatic heterocycles. The standard InChI is InChI=1S/C19H20FN5O/c1-26-17-9-5-3-7-15(17)12-22-19-24-18(13-23-25-19)21-11-10-14-6-2-4-8-16(14)20/h2-9,13H,10-12H2,1H3,(H2,21,22,24,25). The third-order valence-corrected chi connectivity index (χ3v) is 3.85. The maximum absolute atomic E-state index is 13.6. The summed E-state index contributed by atoms with van der Waals surface area (Å²) in [6.07, 6.45) is 2.09. The van der Waals surface area contributed by atoms with Crippen molar-refractivity contribution in [3.63, 3.8) is 0 Å². The molecule has 0 fully saturated rings. The van der Waals surface area contributed by atoms with E-state index >= 15 is 0 Å². The average Bonchev–Trinajstić information content (AvgIpc) is 2.68. The summed E-state index contributed by atoms with van der Waals surface area (Å²) in [4.78, 5) is 4.37. The first-order valence-electron chi connectivity index (χ1n) is 8.29. The molecule has 134 valence electrons. The van der Waals surface area contributed by atoms with Gasteiger partial charge in [0, 0.05) is 18.7 Å². The van der Waals surface area contributed by atoms with Crippen molar-refractivity contribution in [1.82, 2.24) is 15.2 Å². The highest BCUT2D eigenvalue weighted by Crippen LogP contribution is 2.18. The zero-order valence-electron chi connectivity index (χ0n) is 14.4. The molecule has 0 atom stereocenters. The molecule has 26 heavy (non-hydrogen) atoms. The number of para-hydroxylation sites is 1. The molecule has 0 aliphatic heterocycles. The lowest BCUT2D eigenvalue weighted by Gasteiger charge is -2.10. The fourth-order valence-electron chi connectivity index (χ4n) is 2.51. The van der Waals surface area contributed by atoms with E-state index in [4.69, 9.17) is 4.74 Å². The largest absolute Gasteiger partial charge is 0.496 e. The predicted octanol–water partition coefficient (Wildman–Crippen LogP) is 3.29. The van der Waals surface area contributed by atoms with Crippen molar-refractivity contribution >= 4 is 11.8 Å². The Morgan fingerprint density at radius 3 is 2.58 bits per heavy atom. The predicted molar refractivity (Wildman–Crippen MR) is 98.7 cm³/mol. The van der Waals surface area contributed by atoms with E-state index in [1.807, 2.05) is 30.3 Å². The summed E-state index contributed by atoms with van der Waals surface area (Å²) in [5.74, 6) is 1.59. The molecule has 6 nitrogen and oxygen atoms in total. The number of methoxy groups -OCH3 is 1. The second kappa shape index (κ2) is 8.75. The number of hydrogen-bond donors (Lipinski definition) is 2. The number of ether oxygens (including phenoxy) is 1. The number of aromatic nitrogens is 3. The van der Waals surface area contributed by atoms with Crippen molar-refractivity contribution in [3.8, 4) is 5.75 Å². The monoisotopic (exact) mass is 353 g/mol. The van der Waals surface area contributed by atoms with Gasteiger partial charge in [0.1, 0.15) is 11.6 Å². The minimum absolute atomic E-state index is 0.200. The quantitative estimate of drug-likeness (QED) is 0.647. The summed E-state index contributed by atoms with van der Waals surface area (Å²) in [6, 6.07) is 14.5. The van der Waals surface area contributed by atoms with Crippen LogP contribution in [0.25, 0.3) is 0 Å². The highest BCUT2D eigenvalue weighted by atomic mass is 19.1. The molecule has 0 radical (unpaired) electrons. The number of nitrogens with zero attached hydrogens (tertiary/aromatic N) is 3. The van der Waals surface area contributed by atoms with Crippen LogP contribution in [0, 0.1) is 5.82 Å². The Morgan fingerprint density at radius 1 is 1.00 bits per heavy atom. The van der Waals surface area contributed by atoms with Crippen molar-refractivity contribution in [2.75, 3.05) is 24.3 Å². The maximum Gasteiger partial charge on any atom is 0.244 e. The first-order valence-corrected chi connectivity index (χ1v) is 8.29. The molecule has 0 saturated carbocycles. The Labute approximate surface area is 151 Å². The van der Waals surface area contributed by atoms with Crippen LogP contribution in [-0.4, -0.2) is 28.8 Å². The van der Waals surface area contributed by atoms with Gasteiger partial charge in [0.15, 0.2) is 5.82 Å². The number of anilines is 2. The van der Waals surface area contributed by atoms with Crippen molar-refractivity contribution in [1.29, 1.82) is 0 Å². The molecule has 0 unspecified atom stereocenters. The first-order chi connectivity index (χ1) is 12.8. The minimum Gasteiger partial charge on any atom is -0.496 e. The Morgan fingerprint density at radius 2 is 1.77 bits per heavy atom. The smallest absolute Gasteiger partial charge is 0.244 e. The third kappa shape index (κ3) is 4.66. The van der Waals surface area contributed by atoms with Crippen LogP contribution < -0.4 is 15.4 Å². The van der Waals surface area contributed by atoms with E-state index < -0.39 is 0 Å².